The van der Waals surface area contributed by atoms with Crippen LogP contribution in [0, 0.1) is 6.92 Å². The monoisotopic (exact) mass is 339 g/mol. The summed E-state index contributed by atoms with van der Waals surface area (Å²) in [5, 5.41) is -0.00801. The van der Waals surface area contributed by atoms with E-state index in [9.17, 15) is 13.2 Å². The standard InChI is InChI=1S/C13H17N5O4S/c1-9-5-11(19)16-13(15-9)10-6-18(3-4-22-10)23(20,21)12-7-17(2)8-14-12/h5,7-8,10H,3-4,6H2,1-2H3,(H,15,16,19)/t10-/m0/s1. The minimum atomic E-state index is -3.70. The smallest absolute Gasteiger partial charge is 0.262 e. The zero-order valence-corrected chi connectivity index (χ0v) is 13.6. The summed E-state index contributed by atoms with van der Waals surface area (Å²) in [4.78, 5) is 22.3. The molecule has 3 rings (SSSR count). The zero-order valence-electron chi connectivity index (χ0n) is 12.8. The Hall–Kier alpha value is -2.04. The van der Waals surface area contributed by atoms with Crippen LogP contribution in [0.15, 0.2) is 28.4 Å². The van der Waals surface area contributed by atoms with Gasteiger partial charge in [0, 0.05) is 38.1 Å². The van der Waals surface area contributed by atoms with Gasteiger partial charge in [-0.2, -0.15) is 4.31 Å². The number of aromatic amines is 1. The predicted molar refractivity (Wildman–Crippen MR) is 80.3 cm³/mol. The fourth-order valence-electron chi connectivity index (χ4n) is 2.42. The van der Waals surface area contributed by atoms with Crippen molar-refractivity contribution in [2.45, 2.75) is 18.1 Å². The van der Waals surface area contributed by atoms with Gasteiger partial charge in [-0.15, -0.1) is 0 Å². The van der Waals surface area contributed by atoms with Crippen LogP contribution < -0.4 is 5.56 Å². The van der Waals surface area contributed by atoms with Crippen LogP contribution >= 0.6 is 0 Å². The molecule has 23 heavy (non-hydrogen) atoms. The minimum absolute atomic E-state index is 0.00801. The van der Waals surface area contributed by atoms with Crippen molar-refractivity contribution in [1.29, 1.82) is 0 Å². The third kappa shape index (κ3) is 3.19. The number of imidazole rings is 1. The maximum Gasteiger partial charge on any atom is 0.262 e. The molecule has 10 heteroatoms. The second-order valence-corrected chi connectivity index (χ2v) is 7.26. The van der Waals surface area contributed by atoms with Crippen molar-refractivity contribution in [2.75, 3.05) is 19.7 Å². The summed E-state index contributed by atoms with van der Waals surface area (Å²) in [6.07, 6.45) is 2.27. The number of morpholine rings is 1. The maximum absolute atomic E-state index is 12.6. The van der Waals surface area contributed by atoms with Crippen LogP contribution in [0.3, 0.4) is 0 Å². The molecule has 1 aliphatic heterocycles. The first-order valence-corrected chi connectivity index (χ1v) is 8.48. The van der Waals surface area contributed by atoms with Crippen molar-refractivity contribution in [2.24, 2.45) is 7.05 Å². The third-order valence-corrected chi connectivity index (χ3v) is 5.26. The maximum atomic E-state index is 12.6. The SMILES string of the molecule is Cc1cc(=O)[nH]c([C@@H]2CN(S(=O)(=O)c3cn(C)cn3)CCO2)n1. The Bertz CT molecular complexity index is 872. The van der Waals surface area contributed by atoms with Gasteiger partial charge in [-0.05, 0) is 6.92 Å². The number of rotatable bonds is 3. The van der Waals surface area contributed by atoms with Crippen molar-refractivity contribution in [1.82, 2.24) is 23.8 Å². The molecule has 0 unspecified atom stereocenters. The molecule has 1 N–H and O–H groups in total. The third-order valence-electron chi connectivity index (χ3n) is 3.51. The zero-order chi connectivity index (χ0) is 16.6. The summed E-state index contributed by atoms with van der Waals surface area (Å²) in [5.74, 6) is 0.330. The van der Waals surface area contributed by atoms with Crippen LogP contribution in [0.25, 0.3) is 0 Å². The first-order valence-electron chi connectivity index (χ1n) is 7.04. The van der Waals surface area contributed by atoms with E-state index in [1.54, 1.807) is 18.5 Å². The number of hydrogen-bond donors (Lipinski definition) is 1. The summed E-state index contributed by atoms with van der Waals surface area (Å²) in [6, 6.07) is 1.37. The molecule has 0 radical (unpaired) electrons. The molecule has 2 aromatic rings. The van der Waals surface area contributed by atoms with E-state index in [0.29, 0.717) is 11.5 Å². The van der Waals surface area contributed by atoms with Gasteiger partial charge in [0.1, 0.15) is 11.9 Å². The molecule has 2 aromatic heterocycles. The Morgan fingerprint density at radius 1 is 1.43 bits per heavy atom. The average molecular weight is 339 g/mol. The van der Waals surface area contributed by atoms with Gasteiger partial charge in [0.25, 0.3) is 15.6 Å². The first kappa shape index (κ1) is 15.8. The molecule has 0 bridgehead atoms. The number of ether oxygens (including phenoxy) is 1. The van der Waals surface area contributed by atoms with Gasteiger partial charge >= 0.3 is 0 Å². The van der Waals surface area contributed by atoms with Crippen LogP contribution in [0.2, 0.25) is 0 Å². The molecule has 0 spiro atoms. The fraction of sp³-hybridized carbons (Fsp3) is 0.462. The number of hydrogen-bond acceptors (Lipinski definition) is 6. The molecule has 1 aliphatic rings. The normalized spacial score (nSPS) is 19.8. The Morgan fingerprint density at radius 3 is 2.87 bits per heavy atom. The number of aromatic nitrogens is 4. The second kappa shape index (κ2) is 5.87. The summed E-state index contributed by atoms with van der Waals surface area (Å²) < 4.78 is 33.7. The Kier molecular flexibility index (Phi) is 4.04. The van der Waals surface area contributed by atoms with E-state index in [1.807, 2.05) is 0 Å². The lowest BCUT2D eigenvalue weighted by atomic mass is 10.3. The molecule has 0 amide bonds. The van der Waals surface area contributed by atoms with Gasteiger partial charge in [0.2, 0.25) is 0 Å². The van der Waals surface area contributed by atoms with Crippen LogP contribution in [0.5, 0.6) is 0 Å². The molecule has 3 heterocycles. The molecule has 124 valence electrons. The highest BCUT2D eigenvalue weighted by atomic mass is 32.2. The van der Waals surface area contributed by atoms with E-state index in [-0.39, 0.29) is 30.3 Å². The molecule has 0 saturated carbocycles. The van der Waals surface area contributed by atoms with Crippen molar-refractivity contribution < 1.29 is 13.2 Å². The molecule has 0 aromatic carbocycles. The number of nitrogens with zero attached hydrogens (tertiary/aromatic N) is 4. The van der Waals surface area contributed by atoms with E-state index in [2.05, 4.69) is 15.0 Å². The van der Waals surface area contributed by atoms with E-state index in [4.69, 9.17) is 4.74 Å². The van der Waals surface area contributed by atoms with Crippen LogP contribution in [0.4, 0.5) is 0 Å². The molecule has 1 saturated heterocycles. The van der Waals surface area contributed by atoms with Crippen molar-refractivity contribution in [3.63, 3.8) is 0 Å². The lowest BCUT2D eigenvalue weighted by molar-refractivity contribution is -0.00780. The number of H-pyrrole nitrogens is 1. The molecule has 1 fully saturated rings. The van der Waals surface area contributed by atoms with E-state index in [0.717, 1.165) is 0 Å². The van der Waals surface area contributed by atoms with E-state index >= 15 is 0 Å². The van der Waals surface area contributed by atoms with Gasteiger partial charge in [-0.3, -0.25) is 4.79 Å². The summed E-state index contributed by atoms with van der Waals surface area (Å²) in [6.45, 7) is 2.22. The van der Waals surface area contributed by atoms with Crippen LogP contribution in [0.1, 0.15) is 17.6 Å². The van der Waals surface area contributed by atoms with Gasteiger partial charge < -0.3 is 14.3 Å². The Labute approximate surface area is 133 Å². The van der Waals surface area contributed by atoms with Gasteiger partial charge in [0.15, 0.2) is 5.03 Å². The summed E-state index contributed by atoms with van der Waals surface area (Å²) >= 11 is 0. The average Bonchev–Trinajstić information content (AvgIpc) is 2.94. The molecule has 1 atom stereocenters. The topological polar surface area (TPSA) is 110 Å². The largest absolute Gasteiger partial charge is 0.368 e. The van der Waals surface area contributed by atoms with E-state index < -0.39 is 16.1 Å². The lowest BCUT2D eigenvalue weighted by Crippen LogP contribution is -2.43. The second-order valence-electron chi connectivity index (χ2n) is 5.37. The highest BCUT2D eigenvalue weighted by molar-refractivity contribution is 7.89. The van der Waals surface area contributed by atoms with Crippen LogP contribution in [-0.4, -0.2) is 51.9 Å². The predicted octanol–water partition coefficient (Wildman–Crippen LogP) is -0.426. The van der Waals surface area contributed by atoms with Gasteiger partial charge in [0.05, 0.1) is 12.9 Å². The molecular weight excluding hydrogens is 322 g/mol. The van der Waals surface area contributed by atoms with Crippen molar-refractivity contribution in [3.8, 4) is 0 Å². The lowest BCUT2D eigenvalue weighted by Gasteiger charge is -2.31. The number of aryl methyl sites for hydroxylation is 2. The van der Waals surface area contributed by atoms with Gasteiger partial charge in [-0.1, -0.05) is 0 Å². The van der Waals surface area contributed by atoms with E-state index in [1.165, 1.54) is 22.9 Å². The Morgan fingerprint density at radius 2 is 2.22 bits per heavy atom. The highest BCUT2D eigenvalue weighted by Gasteiger charge is 2.33. The number of nitrogens with one attached hydrogen (secondary N) is 1. The fourth-order valence-corrected chi connectivity index (χ4v) is 3.81. The molecule has 0 aliphatic carbocycles. The Balaban J connectivity index is 1.87. The van der Waals surface area contributed by atoms with Crippen LogP contribution in [-0.2, 0) is 21.8 Å². The highest BCUT2D eigenvalue weighted by Crippen LogP contribution is 2.23. The van der Waals surface area contributed by atoms with Crippen molar-refractivity contribution in [3.05, 3.63) is 40.5 Å². The van der Waals surface area contributed by atoms with Crippen molar-refractivity contribution >= 4 is 10.0 Å². The quantitative estimate of drug-likeness (QED) is 0.813. The molecular formula is C13H17N5O4S. The summed E-state index contributed by atoms with van der Waals surface area (Å²) in [7, 11) is -2.00. The minimum Gasteiger partial charge on any atom is -0.368 e. The summed E-state index contributed by atoms with van der Waals surface area (Å²) in [5.41, 5.74) is 0.262. The first-order chi connectivity index (χ1) is 10.9. The number of sulfonamides is 1. The molecule has 9 nitrogen and oxygen atoms in total. The van der Waals surface area contributed by atoms with Gasteiger partial charge in [-0.25, -0.2) is 18.4 Å².